The molecule has 3 aliphatic rings. The van der Waals surface area contributed by atoms with Crippen molar-refractivity contribution < 1.29 is 37.7 Å². The number of halogens is 1. The zero-order chi connectivity index (χ0) is 39.6. The van der Waals surface area contributed by atoms with Crippen LogP contribution in [-0.4, -0.2) is 134 Å². The van der Waals surface area contributed by atoms with Crippen molar-refractivity contribution in [3.8, 4) is 5.88 Å². The molecule has 4 atom stereocenters. The molecule has 0 bridgehead atoms. The van der Waals surface area contributed by atoms with Gasteiger partial charge in [-0.3, -0.25) is 14.6 Å². The summed E-state index contributed by atoms with van der Waals surface area (Å²) in [5, 5.41) is 10.3. The maximum absolute atomic E-state index is 14.6. The van der Waals surface area contributed by atoms with Crippen molar-refractivity contribution in [2.45, 2.75) is 116 Å². The number of benzene rings is 1. The van der Waals surface area contributed by atoms with Crippen molar-refractivity contribution in [1.29, 1.82) is 0 Å². The standard InChI is InChI=1S/C40H62FN5O7Si/c1-27-19-44(22-36(48)46-28(2)24-51-37-35(46)18-30(34(23-47)42-37)17-29-11-13-31(41)14-12-29)32(21-45(27)38(49)53-39(3,4)5)20-43-15-16-50-25-33(43)26-52-54(9,10)40(6,7)8/h11-14,18,27-28,32-33,47H,15-17,19-26H2,1-10H3/t27-,28+,32+,33+/m1/s1. The molecule has 12 nitrogen and oxygen atoms in total. The molecule has 2 aromatic rings. The number of aromatic nitrogens is 1. The van der Waals surface area contributed by atoms with E-state index >= 15 is 0 Å². The summed E-state index contributed by atoms with van der Waals surface area (Å²) in [6.07, 6.45) is 0.0415. The maximum atomic E-state index is 14.6. The van der Waals surface area contributed by atoms with E-state index in [0.29, 0.717) is 63.1 Å². The minimum atomic E-state index is -2.01. The van der Waals surface area contributed by atoms with Crippen LogP contribution in [0.1, 0.15) is 72.2 Å². The summed E-state index contributed by atoms with van der Waals surface area (Å²) in [7, 11) is -2.01. The average Bonchev–Trinajstić information content (AvgIpc) is 3.08. The summed E-state index contributed by atoms with van der Waals surface area (Å²) < 4.78 is 38.1. The van der Waals surface area contributed by atoms with Crippen LogP contribution >= 0.6 is 0 Å². The molecule has 0 radical (unpaired) electrons. The minimum Gasteiger partial charge on any atom is -0.474 e. The van der Waals surface area contributed by atoms with Crippen molar-refractivity contribution in [1.82, 2.24) is 19.7 Å². The quantitative estimate of drug-likeness (QED) is 0.313. The predicted molar refractivity (Wildman–Crippen MR) is 209 cm³/mol. The number of hydrogen-bond donors (Lipinski definition) is 1. The van der Waals surface area contributed by atoms with Crippen LogP contribution in [0, 0.1) is 5.82 Å². The molecule has 2 saturated heterocycles. The van der Waals surface area contributed by atoms with Gasteiger partial charge in [0, 0.05) is 38.3 Å². The number of rotatable bonds is 10. The van der Waals surface area contributed by atoms with Crippen molar-refractivity contribution >= 4 is 26.0 Å². The van der Waals surface area contributed by atoms with Gasteiger partial charge in [0.25, 0.3) is 0 Å². The number of morpholine rings is 1. The highest BCUT2D eigenvalue weighted by Gasteiger charge is 2.42. The van der Waals surface area contributed by atoms with Gasteiger partial charge in [0.05, 0.1) is 50.7 Å². The maximum Gasteiger partial charge on any atom is 0.410 e. The average molecular weight is 772 g/mol. The molecule has 300 valence electrons. The van der Waals surface area contributed by atoms with E-state index in [1.807, 2.05) is 40.7 Å². The Hall–Kier alpha value is -3.14. The fraction of sp³-hybridized carbons (Fsp3) is 0.675. The Kier molecular flexibility index (Phi) is 13.2. The molecular weight excluding hydrogens is 710 g/mol. The molecule has 3 aliphatic heterocycles. The van der Waals surface area contributed by atoms with Crippen LogP contribution in [0.5, 0.6) is 5.88 Å². The number of nitrogens with zero attached hydrogens (tertiary/aromatic N) is 5. The molecule has 1 aromatic heterocycles. The number of amides is 2. The Morgan fingerprint density at radius 3 is 2.35 bits per heavy atom. The van der Waals surface area contributed by atoms with Crippen LogP contribution in [0.3, 0.4) is 0 Å². The van der Waals surface area contributed by atoms with Gasteiger partial charge in [0.2, 0.25) is 11.8 Å². The number of aliphatic hydroxyl groups is 1. The zero-order valence-electron chi connectivity index (χ0n) is 34.0. The monoisotopic (exact) mass is 771 g/mol. The summed E-state index contributed by atoms with van der Waals surface area (Å²) >= 11 is 0. The van der Waals surface area contributed by atoms with Crippen molar-refractivity contribution in [2.75, 3.05) is 64.1 Å². The number of anilines is 1. The Morgan fingerprint density at radius 1 is 1.00 bits per heavy atom. The smallest absolute Gasteiger partial charge is 0.410 e. The minimum absolute atomic E-state index is 0.0391. The van der Waals surface area contributed by atoms with Crippen molar-refractivity contribution in [3.05, 3.63) is 53.0 Å². The molecule has 14 heteroatoms. The van der Waals surface area contributed by atoms with E-state index in [9.17, 15) is 19.1 Å². The Morgan fingerprint density at radius 2 is 1.70 bits per heavy atom. The molecule has 1 aromatic carbocycles. The first-order chi connectivity index (χ1) is 25.3. The fourth-order valence-corrected chi connectivity index (χ4v) is 8.06. The molecule has 2 amide bonds. The summed E-state index contributed by atoms with van der Waals surface area (Å²) in [6, 6.07) is 7.47. The summed E-state index contributed by atoms with van der Waals surface area (Å²) in [4.78, 5) is 40.9. The van der Waals surface area contributed by atoms with Crippen LogP contribution in [0.4, 0.5) is 14.9 Å². The number of ether oxygens (including phenoxy) is 3. The lowest BCUT2D eigenvalue weighted by Crippen LogP contribution is -2.65. The molecule has 0 aliphatic carbocycles. The Labute approximate surface area is 322 Å². The number of fused-ring (bicyclic) bond motifs is 1. The first-order valence-electron chi connectivity index (χ1n) is 19.3. The van der Waals surface area contributed by atoms with E-state index in [1.165, 1.54) is 12.1 Å². The second kappa shape index (κ2) is 16.9. The normalized spacial score (nSPS) is 23.2. The highest BCUT2D eigenvalue weighted by atomic mass is 28.4. The molecule has 0 saturated carbocycles. The van der Waals surface area contributed by atoms with Gasteiger partial charge in [-0.25, -0.2) is 14.2 Å². The van der Waals surface area contributed by atoms with Gasteiger partial charge in [-0.2, -0.15) is 0 Å². The van der Waals surface area contributed by atoms with Gasteiger partial charge < -0.3 is 33.5 Å². The third kappa shape index (κ3) is 10.2. The topological polar surface area (TPSA) is 117 Å². The highest BCUT2D eigenvalue weighted by Crippen LogP contribution is 2.38. The summed E-state index contributed by atoms with van der Waals surface area (Å²) in [5.74, 6) is -0.140. The third-order valence-electron chi connectivity index (χ3n) is 11.2. The second-order valence-corrected chi connectivity index (χ2v) is 22.5. The highest BCUT2D eigenvalue weighted by molar-refractivity contribution is 6.74. The van der Waals surface area contributed by atoms with Crippen molar-refractivity contribution in [3.63, 3.8) is 0 Å². The van der Waals surface area contributed by atoms with E-state index in [2.05, 4.69) is 48.6 Å². The summed E-state index contributed by atoms with van der Waals surface area (Å²) in [6.45, 7) is 24.8. The predicted octanol–water partition coefficient (Wildman–Crippen LogP) is 5.45. The van der Waals surface area contributed by atoms with E-state index in [-0.39, 0.29) is 66.8 Å². The third-order valence-corrected chi connectivity index (χ3v) is 15.7. The van der Waals surface area contributed by atoms with Gasteiger partial charge in [0.15, 0.2) is 8.32 Å². The van der Waals surface area contributed by atoms with Crippen molar-refractivity contribution in [2.24, 2.45) is 0 Å². The van der Waals surface area contributed by atoms with Crippen LogP contribution in [0.15, 0.2) is 30.3 Å². The lowest BCUT2D eigenvalue weighted by atomic mass is 10.0. The molecule has 5 rings (SSSR count). The first kappa shape index (κ1) is 42.0. The number of carbonyl (C=O) groups is 2. The lowest BCUT2D eigenvalue weighted by Gasteiger charge is -2.48. The Bertz CT molecular complexity index is 1620. The summed E-state index contributed by atoms with van der Waals surface area (Å²) in [5.41, 5.74) is 1.93. The van der Waals surface area contributed by atoms with Gasteiger partial charge in [-0.05, 0) is 88.5 Å². The van der Waals surface area contributed by atoms with E-state index in [4.69, 9.17) is 18.6 Å². The largest absolute Gasteiger partial charge is 0.474 e. The molecule has 1 N–H and O–H groups in total. The van der Waals surface area contributed by atoms with E-state index < -0.39 is 13.9 Å². The number of hydrogen-bond acceptors (Lipinski definition) is 10. The number of pyridine rings is 1. The SMILES string of the molecule is C[C@@H]1CN(CC(=O)N2c3cc(Cc4ccc(F)cc4)c(CO)nc3OC[C@@H]2C)[C@@H](CN2CCOC[C@H]2CO[Si](C)(C)C(C)(C)C)CN1C(=O)OC(C)(C)C. The Balaban J connectivity index is 1.41. The molecule has 2 fully saturated rings. The molecule has 0 unspecified atom stereocenters. The van der Waals surface area contributed by atoms with E-state index in [0.717, 1.165) is 17.7 Å². The van der Waals surface area contributed by atoms with E-state index in [1.54, 1.807) is 21.9 Å². The zero-order valence-corrected chi connectivity index (χ0v) is 35.0. The van der Waals surface area contributed by atoms with Crippen LogP contribution in [-0.2, 0) is 31.7 Å². The molecule has 0 spiro atoms. The first-order valence-corrected chi connectivity index (χ1v) is 22.2. The number of aliphatic hydroxyl groups excluding tert-OH is 1. The lowest BCUT2D eigenvalue weighted by molar-refractivity contribution is -0.122. The second-order valence-electron chi connectivity index (χ2n) is 17.7. The fourth-order valence-electron chi connectivity index (χ4n) is 7.02. The van der Waals surface area contributed by atoms with Gasteiger partial charge in [-0.1, -0.05) is 32.9 Å². The molecule has 54 heavy (non-hydrogen) atoms. The number of carbonyl (C=O) groups excluding carboxylic acids is 2. The van der Waals surface area contributed by atoms with Crippen LogP contribution in [0.25, 0.3) is 0 Å². The van der Waals surface area contributed by atoms with Crippen LogP contribution < -0.4 is 9.64 Å². The van der Waals surface area contributed by atoms with Gasteiger partial charge >= 0.3 is 6.09 Å². The molecule has 4 heterocycles. The van der Waals surface area contributed by atoms with Crippen LogP contribution in [0.2, 0.25) is 18.1 Å². The van der Waals surface area contributed by atoms with Gasteiger partial charge in [0.1, 0.15) is 23.7 Å². The number of piperazine rings is 1. The van der Waals surface area contributed by atoms with Gasteiger partial charge in [-0.15, -0.1) is 0 Å². The molecular formula is C40H62FN5O7Si.